The van der Waals surface area contributed by atoms with Crippen molar-refractivity contribution in [3.8, 4) is 0 Å². The van der Waals surface area contributed by atoms with Crippen molar-refractivity contribution in [3.05, 3.63) is 0 Å². The standard InChI is InChI=1S/C11H26N2S/c1-11(2)10-12-6-5-8-14-9-7-13(3)4/h11-12H,5-10H2,1-4H3. The van der Waals surface area contributed by atoms with Crippen LogP contribution < -0.4 is 5.32 Å². The van der Waals surface area contributed by atoms with E-state index < -0.39 is 0 Å². The van der Waals surface area contributed by atoms with Gasteiger partial charge in [-0.1, -0.05) is 13.8 Å². The number of thioether (sulfide) groups is 1. The molecule has 0 aromatic heterocycles. The van der Waals surface area contributed by atoms with E-state index in [1.54, 1.807) is 0 Å². The Kier molecular flexibility index (Phi) is 10.0. The predicted octanol–water partition coefficient (Wildman–Crippen LogP) is 1.92. The molecule has 0 spiro atoms. The summed E-state index contributed by atoms with van der Waals surface area (Å²) in [6.45, 7) is 8.03. The van der Waals surface area contributed by atoms with E-state index in [1.165, 1.54) is 31.0 Å². The van der Waals surface area contributed by atoms with Gasteiger partial charge in [0.15, 0.2) is 0 Å². The summed E-state index contributed by atoms with van der Waals surface area (Å²) >= 11 is 2.06. The van der Waals surface area contributed by atoms with Crippen LogP contribution in [0.5, 0.6) is 0 Å². The summed E-state index contributed by atoms with van der Waals surface area (Å²) in [4.78, 5) is 2.24. The molecule has 3 heteroatoms. The summed E-state index contributed by atoms with van der Waals surface area (Å²) in [6, 6.07) is 0. The Morgan fingerprint density at radius 3 is 2.50 bits per heavy atom. The van der Waals surface area contributed by atoms with Crippen molar-refractivity contribution < 1.29 is 0 Å². The van der Waals surface area contributed by atoms with Gasteiger partial charge in [-0.3, -0.25) is 0 Å². The van der Waals surface area contributed by atoms with Crippen molar-refractivity contribution in [2.24, 2.45) is 5.92 Å². The van der Waals surface area contributed by atoms with E-state index in [2.05, 4.69) is 49.9 Å². The number of rotatable bonds is 9. The average Bonchev–Trinajstić information content (AvgIpc) is 2.08. The molecule has 0 atom stereocenters. The molecule has 0 aromatic carbocycles. The minimum atomic E-state index is 0.774. The molecule has 0 aliphatic heterocycles. The molecule has 0 unspecified atom stereocenters. The van der Waals surface area contributed by atoms with Crippen LogP contribution in [-0.4, -0.2) is 50.1 Å². The maximum Gasteiger partial charge on any atom is 0.00662 e. The van der Waals surface area contributed by atoms with E-state index in [0.717, 1.165) is 12.5 Å². The van der Waals surface area contributed by atoms with Crippen LogP contribution in [0.25, 0.3) is 0 Å². The molecule has 0 rings (SSSR count). The van der Waals surface area contributed by atoms with Crippen molar-refractivity contribution in [1.29, 1.82) is 0 Å². The summed E-state index contributed by atoms with van der Waals surface area (Å²) in [5, 5.41) is 3.46. The van der Waals surface area contributed by atoms with Gasteiger partial charge in [-0.2, -0.15) is 11.8 Å². The lowest BCUT2D eigenvalue weighted by molar-refractivity contribution is 0.437. The first-order valence-electron chi connectivity index (χ1n) is 5.56. The van der Waals surface area contributed by atoms with Crippen LogP contribution in [-0.2, 0) is 0 Å². The van der Waals surface area contributed by atoms with Crippen LogP contribution in [0, 0.1) is 5.92 Å². The third-order valence-electron chi connectivity index (χ3n) is 1.88. The Bertz CT molecular complexity index is 102. The Labute approximate surface area is 93.8 Å². The molecule has 2 nitrogen and oxygen atoms in total. The van der Waals surface area contributed by atoms with Crippen LogP contribution >= 0.6 is 11.8 Å². The zero-order valence-corrected chi connectivity index (χ0v) is 11.0. The van der Waals surface area contributed by atoms with Crippen molar-refractivity contribution in [2.75, 3.05) is 45.2 Å². The van der Waals surface area contributed by atoms with Gasteiger partial charge in [-0.05, 0) is 45.3 Å². The van der Waals surface area contributed by atoms with Gasteiger partial charge in [0.25, 0.3) is 0 Å². The van der Waals surface area contributed by atoms with E-state index >= 15 is 0 Å². The van der Waals surface area contributed by atoms with Gasteiger partial charge in [0.1, 0.15) is 0 Å². The maximum absolute atomic E-state index is 3.46. The minimum Gasteiger partial charge on any atom is -0.316 e. The molecule has 1 N–H and O–H groups in total. The Balaban J connectivity index is 2.92. The highest BCUT2D eigenvalue weighted by atomic mass is 32.2. The molecule has 0 aromatic rings. The first-order chi connectivity index (χ1) is 6.63. The van der Waals surface area contributed by atoms with Gasteiger partial charge in [0.05, 0.1) is 0 Å². The van der Waals surface area contributed by atoms with Gasteiger partial charge in [-0.15, -0.1) is 0 Å². The molecule has 0 fully saturated rings. The fraction of sp³-hybridized carbons (Fsp3) is 1.00. The molecule has 0 saturated heterocycles. The molecule has 0 bridgehead atoms. The number of nitrogens with one attached hydrogen (secondary N) is 1. The molecule has 14 heavy (non-hydrogen) atoms. The molecule has 0 aliphatic carbocycles. The Morgan fingerprint density at radius 1 is 1.21 bits per heavy atom. The molecule has 86 valence electrons. The van der Waals surface area contributed by atoms with Crippen LogP contribution in [0.3, 0.4) is 0 Å². The van der Waals surface area contributed by atoms with Crippen LogP contribution in [0.1, 0.15) is 20.3 Å². The summed E-state index contributed by atoms with van der Waals surface area (Å²) in [7, 11) is 4.26. The molecular weight excluding hydrogens is 192 g/mol. The molecular formula is C11H26N2S. The second-order valence-electron chi connectivity index (χ2n) is 4.37. The molecule has 0 amide bonds. The first kappa shape index (κ1) is 14.3. The average molecular weight is 218 g/mol. The van der Waals surface area contributed by atoms with Crippen molar-refractivity contribution >= 4 is 11.8 Å². The monoisotopic (exact) mass is 218 g/mol. The fourth-order valence-corrected chi connectivity index (χ4v) is 2.09. The maximum atomic E-state index is 3.46. The minimum absolute atomic E-state index is 0.774. The fourth-order valence-electron chi connectivity index (χ4n) is 1.04. The highest BCUT2D eigenvalue weighted by Gasteiger charge is 1.94. The largest absolute Gasteiger partial charge is 0.316 e. The van der Waals surface area contributed by atoms with Gasteiger partial charge >= 0.3 is 0 Å². The number of hydrogen-bond donors (Lipinski definition) is 1. The summed E-state index contributed by atoms with van der Waals surface area (Å²) in [5.74, 6) is 3.33. The van der Waals surface area contributed by atoms with E-state index in [1.807, 2.05) is 0 Å². The van der Waals surface area contributed by atoms with Crippen molar-refractivity contribution in [1.82, 2.24) is 10.2 Å². The third-order valence-corrected chi connectivity index (χ3v) is 2.93. The summed E-state index contributed by atoms with van der Waals surface area (Å²) < 4.78 is 0. The van der Waals surface area contributed by atoms with Gasteiger partial charge < -0.3 is 10.2 Å². The lowest BCUT2D eigenvalue weighted by Crippen LogP contribution is -2.21. The van der Waals surface area contributed by atoms with Gasteiger partial charge in [0.2, 0.25) is 0 Å². The Hall–Kier alpha value is 0.270. The quantitative estimate of drug-likeness (QED) is 0.595. The van der Waals surface area contributed by atoms with E-state index in [4.69, 9.17) is 0 Å². The van der Waals surface area contributed by atoms with Gasteiger partial charge in [-0.25, -0.2) is 0 Å². The van der Waals surface area contributed by atoms with Crippen LogP contribution in [0.4, 0.5) is 0 Å². The SMILES string of the molecule is CC(C)CNCCCSCCN(C)C. The van der Waals surface area contributed by atoms with Crippen molar-refractivity contribution in [2.45, 2.75) is 20.3 Å². The molecule has 0 radical (unpaired) electrons. The first-order valence-corrected chi connectivity index (χ1v) is 6.71. The third kappa shape index (κ3) is 12.3. The second-order valence-corrected chi connectivity index (χ2v) is 5.59. The molecule has 0 saturated carbocycles. The van der Waals surface area contributed by atoms with Gasteiger partial charge in [0, 0.05) is 12.3 Å². The normalized spacial score (nSPS) is 11.6. The predicted molar refractivity (Wildman–Crippen MR) is 68.2 cm³/mol. The Morgan fingerprint density at radius 2 is 1.93 bits per heavy atom. The topological polar surface area (TPSA) is 15.3 Å². The second kappa shape index (κ2) is 9.81. The van der Waals surface area contributed by atoms with E-state index in [-0.39, 0.29) is 0 Å². The highest BCUT2D eigenvalue weighted by Crippen LogP contribution is 2.01. The highest BCUT2D eigenvalue weighted by molar-refractivity contribution is 7.99. The van der Waals surface area contributed by atoms with E-state index in [0.29, 0.717) is 0 Å². The molecule has 0 aliphatic rings. The zero-order valence-electron chi connectivity index (χ0n) is 10.2. The van der Waals surface area contributed by atoms with E-state index in [9.17, 15) is 0 Å². The number of hydrogen-bond acceptors (Lipinski definition) is 3. The van der Waals surface area contributed by atoms with Crippen LogP contribution in [0.15, 0.2) is 0 Å². The van der Waals surface area contributed by atoms with Crippen molar-refractivity contribution in [3.63, 3.8) is 0 Å². The zero-order chi connectivity index (χ0) is 10.8. The number of nitrogens with zero attached hydrogens (tertiary/aromatic N) is 1. The smallest absolute Gasteiger partial charge is 0.00662 e. The molecule has 0 heterocycles. The summed E-state index contributed by atoms with van der Waals surface area (Å²) in [5.41, 5.74) is 0. The summed E-state index contributed by atoms with van der Waals surface area (Å²) in [6.07, 6.45) is 1.30. The van der Waals surface area contributed by atoms with Crippen LogP contribution in [0.2, 0.25) is 0 Å². The lowest BCUT2D eigenvalue weighted by Gasteiger charge is -2.09. The lowest BCUT2D eigenvalue weighted by atomic mass is 10.2.